The summed E-state index contributed by atoms with van der Waals surface area (Å²) in [5, 5.41) is 1.07. The lowest BCUT2D eigenvalue weighted by molar-refractivity contribution is 0.589. The van der Waals surface area contributed by atoms with Gasteiger partial charge in [0.25, 0.3) is 0 Å². The second kappa shape index (κ2) is 4.94. The molecule has 0 bridgehead atoms. The Bertz CT molecular complexity index is 493. The van der Waals surface area contributed by atoms with Crippen LogP contribution in [0, 0.1) is 13.8 Å². The number of thiazole rings is 1. The molecule has 2 unspecified atom stereocenters. The van der Waals surface area contributed by atoms with Gasteiger partial charge in [-0.2, -0.15) is 0 Å². The van der Waals surface area contributed by atoms with Crippen LogP contribution >= 0.6 is 11.3 Å². The Labute approximate surface area is 106 Å². The van der Waals surface area contributed by atoms with Gasteiger partial charge in [0.05, 0.1) is 10.7 Å². The number of hydrogen-bond donors (Lipinski definition) is 1. The molecule has 0 fully saturated rings. The number of aryl methyl sites for hydroxylation is 2. The molecule has 3 nitrogen and oxygen atoms in total. The highest BCUT2D eigenvalue weighted by Gasteiger charge is 2.21. The Morgan fingerprint density at radius 2 is 2.06 bits per heavy atom. The van der Waals surface area contributed by atoms with Crippen molar-refractivity contribution in [2.45, 2.75) is 32.7 Å². The average molecular weight is 247 g/mol. The number of hydrogen-bond acceptors (Lipinski definition) is 4. The Morgan fingerprint density at radius 1 is 1.29 bits per heavy atom. The SMILES string of the molecule is Cc1nc(C)c(C(N)C(C)c2ccccn2)s1. The topological polar surface area (TPSA) is 51.8 Å². The fraction of sp³-hybridized carbons (Fsp3) is 0.385. The molecule has 0 aromatic carbocycles. The van der Waals surface area contributed by atoms with E-state index in [0.717, 1.165) is 16.4 Å². The first-order chi connectivity index (χ1) is 8.09. The molecule has 2 aromatic heterocycles. The normalized spacial score (nSPS) is 14.6. The van der Waals surface area contributed by atoms with E-state index in [1.807, 2.05) is 38.2 Å². The maximum Gasteiger partial charge on any atom is 0.0900 e. The van der Waals surface area contributed by atoms with E-state index in [2.05, 4.69) is 16.9 Å². The number of nitrogens with zero attached hydrogens (tertiary/aromatic N) is 2. The molecule has 0 amide bonds. The average Bonchev–Trinajstić information content (AvgIpc) is 2.68. The van der Waals surface area contributed by atoms with Crippen molar-refractivity contribution in [2.24, 2.45) is 5.73 Å². The molecule has 2 rings (SSSR count). The lowest BCUT2D eigenvalue weighted by Gasteiger charge is -2.18. The minimum absolute atomic E-state index is 0.0314. The van der Waals surface area contributed by atoms with E-state index in [9.17, 15) is 0 Å². The molecule has 0 aliphatic carbocycles. The second-order valence-electron chi connectivity index (χ2n) is 4.25. The summed E-state index contributed by atoms with van der Waals surface area (Å²) in [6, 6.07) is 5.91. The molecule has 0 aliphatic heterocycles. The first-order valence-corrected chi connectivity index (χ1v) is 6.51. The van der Waals surface area contributed by atoms with Crippen molar-refractivity contribution >= 4 is 11.3 Å². The highest BCUT2D eigenvalue weighted by atomic mass is 32.1. The van der Waals surface area contributed by atoms with Crippen LogP contribution in [0.15, 0.2) is 24.4 Å². The Balaban J connectivity index is 2.26. The number of nitrogens with two attached hydrogens (primary N) is 1. The van der Waals surface area contributed by atoms with E-state index in [0.29, 0.717) is 0 Å². The zero-order valence-electron chi connectivity index (χ0n) is 10.3. The van der Waals surface area contributed by atoms with Gasteiger partial charge in [-0.25, -0.2) is 4.98 Å². The summed E-state index contributed by atoms with van der Waals surface area (Å²) in [5.41, 5.74) is 8.39. The Kier molecular flexibility index (Phi) is 3.54. The highest BCUT2D eigenvalue weighted by Crippen LogP contribution is 2.32. The summed E-state index contributed by atoms with van der Waals surface area (Å²) in [6.07, 6.45) is 1.81. The predicted molar refractivity (Wildman–Crippen MR) is 71.2 cm³/mol. The van der Waals surface area contributed by atoms with Crippen molar-refractivity contribution in [1.29, 1.82) is 0 Å². The standard InChI is InChI=1S/C13H17N3S/c1-8(11-6-4-5-7-15-11)12(14)13-9(2)16-10(3)17-13/h4-8,12H,14H2,1-3H3. The van der Waals surface area contributed by atoms with Crippen molar-refractivity contribution in [3.8, 4) is 0 Å². The van der Waals surface area contributed by atoms with Gasteiger partial charge < -0.3 is 5.73 Å². The molecule has 0 aliphatic rings. The van der Waals surface area contributed by atoms with E-state index in [4.69, 9.17) is 5.73 Å². The molecule has 0 saturated carbocycles. The number of pyridine rings is 1. The summed E-state index contributed by atoms with van der Waals surface area (Å²) < 4.78 is 0. The summed E-state index contributed by atoms with van der Waals surface area (Å²) in [4.78, 5) is 9.96. The first-order valence-electron chi connectivity index (χ1n) is 5.70. The van der Waals surface area contributed by atoms with E-state index in [1.165, 1.54) is 4.88 Å². The molecule has 17 heavy (non-hydrogen) atoms. The van der Waals surface area contributed by atoms with Crippen molar-refractivity contribution in [3.63, 3.8) is 0 Å². The van der Waals surface area contributed by atoms with E-state index in [1.54, 1.807) is 11.3 Å². The molecule has 2 heterocycles. The van der Waals surface area contributed by atoms with Gasteiger partial charge in [0, 0.05) is 28.7 Å². The third-order valence-corrected chi connectivity index (χ3v) is 4.11. The minimum Gasteiger partial charge on any atom is -0.323 e. The number of rotatable bonds is 3. The largest absolute Gasteiger partial charge is 0.323 e. The van der Waals surface area contributed by atoms with Crippen LogP contribution in [0.25, 0.3) is 0 Å². The predicted octanol–water partition coefficient (Wildman–Crippen LogP) is 2.96. The molecule has 0 saturated heterocycles. The van der Waals surface area contributed by atoms with E-state index in [-0.39, 0.29) is 12.0 Å². The molecule has 2 aromatic rings. The van der Waals surface area contributed by atoms with Crippen molar-refractivity contribution in [2.75, 3.05) is 0 Å². The maximum atomic E-state index is 6.32. The maximum absolute atomic E-state index is 6.32. The minimum atomic E-state index is -0.0314. The van der Waals surface area contributed by atoms with Gasteiger partial charge in [0.15, 0.2) is 0 Å². The van der Waals surface area contributed by atoms with Gasteiger partial charge in [0.1, 0.15) is 0 Å². The molecule has 2 N–H and O–H groups in total. The fourth-order valence-electron chi connectivity index (χ4n) is 1.91. The van der Waals surface area contributed by atoms with Gasteiger partial charge in [0.2, 0.25) is 0 Å². The van der Waals surface area contributed by atoms with Crippen LogP contribution in [0.3, 0.4) is 0 Å². The van der Waals surface area contributed by atoms with Gasteiger partial charge in [-0.3, -0.25) is 4.98 Å². The van der Waals surface area contributed by atoms with Crippen molar-refractivity contribution < 1.29 is 0 Å². The van der Waals surface area contributed by atoms with Gasteiger partial charge in [-0.15, -0.1) is 11.3 Å². The summed E-state index contributed by atoms with van der Waals surface area (Å²) >= 11 is 1.68. The van der Waals surface area contributed by atoms with Crippen LogP contribution in [-0.4, -0.2) is 9.97 Å². The quantitative estimate of drug-likeness (QED) is 0.907. The molecular formula is C13H17N3S. The van der Waals surface area contributed by atoms with E-state index >= 15 is 0 Å². The van der Waals surface area contributed by atoms with Crippen molar-refractivity contribution in [3.05, 3.63) is 45.7 Å². The third kappa shape index (κ3) is 2.53. The monoisotopic (exact) mass is 247 g/mol. The summed E-state index contributed by atoms with van der Waals surface area (Å²) in [5.74, 6) is 0.203. The van der Waals surface area contributed by atoms with Crippen LogP contribution in [-0.2, 0) is 0 Å². The van der Waals surface area contributed by atoms with Gasteiger partial charge in [-0.1, -0.05) is 13.0 Å². The van der Waals surface area contributed by atoms with Crippen LogP contribution < -0.4 is 5.73 Å². The fourth-order valence-corrected chi connectivity index (χ4v) is 2.95. The lowest BCUT2D eigenvalue weighted by atomic mass is 9.96. The molecule has 90 valence electrons. The smallest absolute Gasteiger partial charge is 0.0900 e. The van der Waals surface area contributed by atoms with Gasteiger partial charge in [-0.05, 0) is 26.0 Å². The van der Waals surface area contributed by atoms with Crippen LogP contribution in [0.5, 0.6) is 0 Å². The molecule has 0 spiro atoms. The van der Waals surface area contributed by atoms with Crippen LogP contribution in [0.4, 0.5) is 0 Å². The summed E-state index contributed by atoms with van der Waals surface area (Å²) in [6.45, 7) is 6.14. The number of aromatic nitrogens is 2. The lowest BCUT2D eigenvalue weighted by Crippen LogP contribution is -2.18. The first kappa shape index (κ1) is 12.2. The zero-order chi connectivity index (χ0) is 12.4. The third-order valence-electron chi connectivity index (χ3n) is 2.94. The zero-order valence-corrected chi connectivity index (χ0v) is 11.2. The molecule has 2 atom stereocenters. The molecule has 4 heteroatoms. The van der Waals surface area contributed by atoms with Crippen molar-refractivity contribution in [1.82, 2.24) is 9.97 Å². The highest BCUT2D eigenvalue weighted by molar-refractivity contribution is 7.11. The molecule has 0 radical (unpaired) electrons. The van der Waals surface area contributed by atoms with Gasteiger partial charge >= 0.3 is 0 Å². The molecular weight excluding hydrogens is 230 g/mol. The Morgan fingerprint density at radius 3 is 2.59 bits per heavy atom. The van der Waals surface area contributed by atoms with Crippen LogP contribution in [0.2, 0.25) is 0 Å². The summed E-state index contributed by atoms with van der Waals surface area (Å²) in [7, 11) is 0. The van der Waals surface area contributed by atoms with Crippen LogP contribution in [0.1, 0.15) is 40.2 Å². The van der Waals surface area contributed by atoms with E-state index < -0.39 is 0 Å². The Hall–Kier alpha value is -1.26. The second-order valence-corrected chi connectivity index (χ2v) is 5.49.